The molecule has 3 N–H and O–H groups in total. The van der Waals surface area contributed by atoms with Gasteiger partial charge in [-0.05, 0) is 19.1 Å². The van der Waals surface area contributed by atoms with Crippen LogP contribution in [0.2, 0.25) is 0 Å². The molecule has 2 aromatic rings. The number of aromatic nitrogens is 2. The zero-order valence-electron chi connectivity index (χ0n) is 10.6. The Kier molecular flexibility index (Phi) is 5.14. The lowest BCUT2D eigenvalue weighted by atomic mass is 10.2. The summed E-state index contributed by atoms with van der Waals surface area (Å²) in [6.07, 6.45) is 2.75. The summed E-state index contributed by atoms with van der Waals surface area (Å²) in [4.78, 5) is 7.12. The molecule has 1 aromatic heterocycles. The maximum absolute atomic E-state index is 10.5. The van der Waals surface area contributed by atoms with E-state index < -0.39 is 10.1 Å². The maximum atomic E-state index is 10.5. The molecule has 0 radical (unpaired) electrons. The molecule has 104 valence electrons. The van der Waals surface area contributed by atoms with E-state index in [0.717, 1.165) is 5.56 Å². The summed E-state index contributed by atoms with van der Waals surface area (Å²) in [5, 5.41) is 8.26. The van der Waals surface area contributed by atoms with E-state index in [1.165, 1.54) is 24.5 Å². The predicted molar refractivity (Wildman–Crippen MR) is 72.2 cm³/mol. The topological polar surface area (TPSA) is 130 Å². The molecule has 7 nitrogen and oxygen atoms in total. The van der Waals surface area contributed by atoms with Crippen LogP contribution in [0.15, 0.2) is 41.6 Å². The Balaban J connectivity index is 0.000000204. The highest BCUT2D eigenvalue weighted by Crippen LogP contribution is 2.08. The molecule has 0 spiro atoms. The van der Waals surface area contributed by atoms with Gasteiger partial charge < -0.3 is 5.73 Å². The molecule has 0 amide bonds. The van der Waals surface area contributed by atoms with Crippen LogP contribution in [0.25, 0.3) is 0 Å². The molecule has 0 aliphatic rings. The second kappa shape index (κ2) is 6.60. The molecule has 0 aliphatic carbocycles. The van der Waals surface area contributed by atoms with Crippen LogP contribution in [0, 0.1) is 18.3 Å². The number of hydrogen-bond donors (Lipinski definition) is 2. The number of benzene rings is 1. The van der Waals surface area contributed by atoms with Gasteiger partial charge in [-0.1, -0.05) is 17.7 Å². The summed E-state index contributed by atoms with van der Waals surface area (Å²) in [6, 6.07) is 7.86. The van der Waals surface area contributed by atoms with Crippen molar-refractivity contribution in [3.8, 4) is 6.07 Å². The highest BCUT2D eigenvalue weighted by molar-refractivity contribution is 7.85. The Labute approximate surface area is 116 Å². The third-order valence-electron chi connectivity index (χ3n) is 2.12. The maximum Gasteiger partial charge on any atom is 0.294 e. The summed E-state index contributed by atoms with van der Waals surface area (Å²) >= 11 is 0. The molecule has 0 aliphatic heterocycles. The molecule has 0 bridgehead atoms. The van der Waals surface area contributed by atoms with Gasteiger partial charge >= 0.3 is 0 Å². The van der Waals surface area contributed by atoms with Gasteiger partial charge in [-0.25, -0.2) is 9.97 Å². The summed E-state index contributed by atoms with van der Waals surface area (Å²) in [5.74, 6) is 0.189. The summed E-state index contributed by atoms with van der Waals surface area (Å²) in [6.45, 7) is 1.84. The number of hydrogen-bond acceptors (Lipinski definition) is 6. The Morgan fingerprint density at radius 1 is 1.20 bits per heavy atom. The molecule has 0 saturated carbocycles. The molecular weight excluding hydrogens is 280 g/mol. The smallest absolute Gasteiger partial charge is 0.294 e. The van der Waals surface area contributed by atoms with E-state index in [1.807, 2.05) is 13.0 Å². The average Bonchev–Trinajstić information content (AvgIpc) is 2.40. The van der Waals surface area contributed by atoms with Gasteiger partial charge in [0.05, 0.1) is 22.9 Å². The minimum Gasteiger partial charge on any atom is -0.368 e. The van der Waals surface area contributed by atoms with E-state index in [-0.39, 0.29) is 10.8 Å². The molecule has 8 heteroatoms. The second-order valence-electron chi connectivity index (χ2n) is 3.73. The van der Waals surface area contributed by atoms with Crippen molar-refractivity contribution in [2.45, 2.75) is 11.8 Å². The highest BCUT2D eigenvalue weighted by Gasteiger charge is 2.06. The lowest BCUT2D eigenvalue weighted by Crippen LogP contribution is -1.96. The first-order valence-electron chi connectivity index (χ1n) is 5.34. The lowest BCUT2D eigenvalue weighted by Gasteiger charge is -1.95. The Hall–Kier alpha value is -2.50. The predicted octanol–water partition coefficient (Wildman–Crippen LogP) is 1.17. The Morgan fingerprint density at radius 3 is 2.10 bits per heavy atom. The van der Waals surface area contributed by atoms with Gasteiger partial charge in [-0.3, -0.25) is 4.55 Å². The molecular formula is C12H12N4O3S. The standard InChI is InChI=1S/C7H8O3S.C5H4N4/c1-6-2-4-7(5-3-6)11(8,9)10;6-1-4-2-8-5(7)9-3-4/h2-5H,1H3,(H,8,9,10);2-3H,(H2,7,8,9). The molecule has 0 saturated heterocycles. The van der Waals surface area contributed by atoms with Crippen molar-refractivity contribution in [2.24, 2.45) is 0 Å². The van der Waals surface area contributed by atoms with E-state index in [2.05, 4.69) is 9.97 Å². The number of anilines is 1. The third kappa shape index (κ3) is 5.01. The van der Waals surface area contributed by atoms with Gasteiger partial charge in [0.1, 0.15) is 6.07 Å². The summed E-state index contributed by atoms with van der Waals surface area (Å²) in [7, 11) is -4.02. The van der Waals surface area contributed by atoms with Crippen LogP contribution in [0.1, 0.15) is 11.1 Å². The van der Waals surface area contributed by atoms with Crippen molar-refractivity contribution in [3.63, 3.8) is 0 Å². The first kappa shape index (κ1) is 15.6. The lowest BCUT2D eigenvalue weighted by molar-refractivity contribution is 0.483. The van der Waals surface area contributed by atoms with Crippen molar-refractivity contribution >= 4 is 16.1 Å². The van der Waals surface area contributed by atoms with Crippen LogP contribution in [0.5, 0.6) is 0 Å². The van der Waals surface area contributed by atoms with Crippen LogP contribution in [0.4, 0.5) is 5.95 Å². The number of nitrogens with two attached hydrogens (primary N) is 1. The number of nitrogen functional groups attached to an aromatic ring is 1. The number of nitrogens with zero attached hydrogens (tertiary/aromatic N) is 3. The van der Waals surface area contributed by atoms with Gasteiger partial charge in [0.25, 0.3) is 10.1 Å². The van der Waals surface area contributed by atoms with Gasteiger partial charge in [0.15, 0.2) is 0 Å². The van der Waals surface area contributed by atoms with Gasteiger partial charge in [0.2, 0.25) is 5.95 Å². The van der Waals surface area contributed by atoms with E-state index >= 15 is 0 Å². The van der Waals surface area contributed by atoms with Crippen molar-refractivity contribution in [1.82, 2.24) is 9.97 Å². The minimum absolute atomic E-state index is 0.0666. The van der Waals surface area contributed by atoms with Crippen LogP contribution < -0.4 is 5.73 Å². The fourth-order valence-corrected chi connectivity index (χ4v) is 1.59. The molecule has 2 rings (SSSR count). The number of rotatable bonds is 1. The van der Waals surface area contributed by atoms with Crippen LogP contribution in [-0.2, 0) is 10.1 Å². The van der Waals surface area contributed by atoms with Gasteiger partial charge in [0, 0.05) is 0 Å². The number of aryl methyl sites for hydroxylation is 1. The zero-order valence-corrected chi connectivity index (χ0v) is 11.4. The molecule has 0 unspecified atom stereocenters. The average molecular weight is 292 g/mol. The van der Waals surface area contributed by atoms with Crippen molar-refractivity contribution in [1.29, 1.82) is 5.26 Å². The van der Waals surface area contributed by atoms with Gasteiger partial charge in [-0.15, -0.1) is 0 Å². The minimum atomic E-state index is -4.02. The highest BCUT2D eigenvalue weighted by atomic mass is 32.2. The molecule has 1 aromatic carbocycles. The fraction of sp³-hybridized carbons (Fsp3) is 0.0833. The normalized spacial score (nSPS) is 10.1. The van der Waals surface area contributed by atoms with Crippen LogP contribution in [0.3, 0.4) is 0 Å². The van der Waals surface area contributed by atoms with Crippen LogP contribution in [-0.4, -0.2) is 22.9 Å². The number of nitriles is 1. The van der Waals surface area contributed by atoms with E-state index in [9.17, 15) is 8.42 Å². The quantitative estimate of drug-likeness (QED) is 0.754. The van der Waals surface area contributed by atoms with E-state index in [0.29, 0.717) is 5.56 Å². The molecule has 1 heterocycles. The van der Waals surface area contributed by atoms with Crippen molar-refractivity contribution in [3.05, 3.63) is 47.8 Å². The molecule has 0 fully saturated rings. The molecule has 0 atom stereocenters. The summed E-state index contributed by atoms with van der Waals surface area (Å²) < 4.78 is 29.6. The summed E-state index contributed by atoms with van der Waals surface area (Å²) in [5.41, 5.74) is 6.53. The van der Waals surface area contributed by atoms with Crippen molar-refractivity contribution in [2.75, 3.05) is 5.73 Å². The monoisotopic (exact) mass is 292 g/mol. The Morgan fingerprint density at radius 2 is 1.70 bits per heavy atom. The largest absolute Gasteiger partial charge is 0.368 e. The SMILES string of the molecule is Cc1ccc(S(=O)(=O)O)cc1.N#Cc1cnc(N)nc1. The second-order valence-corrected chi connectivity index (χ2v) is 5.15. The van der Waals surface area contributed by atoms with E-state index in [1.54, 1.807) is 12.1 Å². The Bertz CT molecular complexity index is 704. The fourth-order valence-electron chi connectivity index (χ4n) is 1.11. The first-order valence-corrected chi connectivity index (χ1v) is 6.78. The molecule has 20 heavy (non-hydrogen) atoms. The zero-order chi connectivity index (χ0) is 15.2. The van der Waals surface area contributed by atoms with Crippen molar-refractivity contribution < 1.29 is 13.0 Å². The third-order valence-corrected chi connectivity index (χ3v) is 2.99. The van der Waals surface area contributed by atoms with Crippen LogP contribution >= 0.6 is 0 Å². The van der Waals surface area contributed by atoms with Gasteiger partial charge in [-0.2, -0.15) is 13.7 Å². The first-order chi connectivity index (χ1) is 9.32. The van der Waals surface area contributed by atoms with E-state index in [4.69, 9.17) is 15.5 Å².